The van der Waals surface area contributed by atoms with E-state index in [0.717, 1.165) is 17.3 Å². The van der Waals surface area contributed by atoms with Crippen LogP contribution in [0.2, 0.25) is 0 Å². The van der Waals surface area contributed by atoms with Crippen molar-refractivity contribution in [3.63, 3.8) is 0 Å². The van der Waals surface area contributed by atoms with Crippen molar-refractivity contribution in [2.45, 2.75) is 12.8 Å². The van der Waals surface area contributed by atoms with Crippen LogP contribution >= 0.6 is 15.9 Å². The van der Waals surface area contributed by atoms with Gasteiger partial charge in [-0.3, -0.25) is 4.79 Å². The maximum Gasteiger partial charge on any atom is 0.229 e. The standard InChI is InChI=1S/C13H13BrN2O/c14-10-3-4-12(15-7-10)16-13(17)11-6-8-1-2-9(11)5-8/h1-4,7-9,11H,5-6H2,(H,15,16,17). The van der Waals surface area contributed by atoms with Gasteiger partial charge in [-0.25, -0.2) is 4.98 Å². The van der Waals surface area contributed by atoms with E-state index < -0.39 is 0 Å². The van der Waals surface area contributed by atoms with Gasteiger partial charge < -0.3 is 5.32 Å². The van der Waals surface area contributed by atoms with Crippen LogP contribution in [-0.4, -0.2) is 10.9 Å². The quantitative estimate of drug-likeness (QED) is 0.852. The molecule has 1 aromatic rings. The average Bonchev–Trinajstić information content (AvgIpc) is 2.94. The molecule has 0 saturated heterocycles. The maximum atomic E-state index is 12.1. The second-order valence-electron chi connectivity index (χ2n) is 4.74. The Morgan fingerprint density at radius 1 is 1.35 bits per heavy atom. The first-order valence-electron chi connectivity index (χ1n) is 5.83. The van der Waals surface area contributed by atoms with Gasteiger partial charge in [-0.05, 0) is 52.7 Å². The highest BCUT2D eigenvalue weighted by atomic mass is 79.9. The van der Waals surface area contributed by atoms with Crippen LogP contribution in [0.1, 0.15) is 12.8 Å². The minimum Gasteiger partial charge on any atom is -0.310 e. The number of carbonyl (C=O) groups is 1. The molecule has 0 spiro atoms. The van der Waals surface area contributed by atoms with Crippen molar-refractivity contribution in [1.29, 1.82) is 0 Å². The second-order valence-corrected chi connectivity index (χ2v) is 5.65. The molecule has 3 rings (SSSR count). The van der Waals surface area contributed by atoms with Crippen molar-refractivity contribution in [2.24, 2.45) is 17.8 Å². The summed E-state index contributed by atoms with van der Waals surface area (Å²) in [5.41, 5.74) is 0. The van der Waals surface area contributed by atoms with Gasteiger partial charge in [0.15, 0.2) is 0 Å². The summed E-state index contributed by atoms with van der Waals surface area (Å²) in [7, 11) is 0. The van der Waals surface area contributed by atoms with Crippen LogP contribution < -0.4 is 5.32 Å². The molecular weight excluding hydrogens is 280 g/mol. The lowest BCUT2D eigenvalue weighted by molar-refractivity contribution is -0.120. The van der Waals surface area contributed by atoms with Gasteiger partial charge in [0.05, 0.1) is 0 Å². The first kappa shape index (κ1) is 11.0. The van der Waals surface area contributed by atoms with Gasteiger partial charge in [0.2, 0.25) is 5.91 Å². The van der Waals surface area contributed by atoms with Crippen LogP contribution in [0.25, 0.3) is 0 Å². The lowest BCUT2D eigenvalue weighted by atomic mass is 9.93. The van der Waals surface area contributed by atoms with Crippen molar-refractivity contribution in [3.8, 4) is 0 Å². The molecule has 17 heavy (non-hydrogen) atoms. The van der Waals surface area contributed by atoms with E-state index in [2.05, 4.69) is 38.4 Å². The number of halogens is 1. The van der Waals surface area contributed by atoms with Crippen LogP contribution in [0.4, 0.5) is 5.82 Å². The molecule has 2 aliphatic carbocycles. The number of hydrogen-bond acceptors (Lipinski definition) is 2. The molecular formula is C13H13BrN2O. The third kappa shape index (κ3) is 2.14. The molecule has 0 radical (unpaired) electrons. The molecule has 1 fully saturated rings. The lowest BCUT2D eigenvalue weighted by Crippen LogP contribution is -2.26. The molecule has 1 aromatic heterocycles. The highest BCUT2D eigenvalue weighted by Crippen LogP contribution is 2.43. The minimum atomic E-state index is 0.108. The molecule has 2 aliphatic rings. The zero-order chi connectivity index (χ0) is 11.8. The van der Waals surface area contributed by atoms with Gasteiger partial charge in [-0.15, -0.1) is 0 Å². The van der Waals surface area contributed by atoms with Crippen molar-refractivity contribution in [1.82, 2.24) is 4.98 Å². The molecule has 3 nitrogen and oxygen atoms in total. The zero-order valence-corrected chi connectivity index (χ0v) is 10.9. The third-order valence-electron chi connectivity index (χ3n) is 3.59. The number of pyridine rings is 1. The van der Waals surface area contributed by atoms with E-state index in [1.165, 1.54) is 0 Å². The molecule has 1 saturated carbocycles. The van der Waals surface area contributed by atoms with Gasteiger partial charge in [-0.2, -0.15) is 0 Å². The summed E-state index contributed by atoms with van der Waals surface area (Å²) in [6, 6.07) is 3.69. The Labute approximate surface area is 108 Å². The molecule has 3 unspecified atom stereocenters. The fourth-order valence-electron chi connectivity index (χ4n) is 2.75. The number of hydrogen-bond donors (Lipinski definition) is 1. The molecule has 2 bridgehead atoms. The second kappa shape index (κ2) is 4.26. The summed E-state index contributed by atoms with van der Waals surface area (Å²) in [6.07, 6.45) is 8.26. The smallest absolute Gasteiger partial charge is 0.229 e. The summed E-state index contributed by atoms with van der Waals surface area (Å²) < 4.78 is 0.915. The number of amides is 1. The van der Waals surface area contributed by atoms with Gasteiger partial charge >= 0.3 is 0 Å². The lowest BCUT2D eigenvalue weighted by Gasteiger charge is -2.17. The molecule has 1 N–H and O–H groups in total. The van der Waals surface area contributed by atoms with Crippen molar-refractivity contribution >= 4 is 27.7 Å². The predicted octanol–water partition coefficient (Wildman–Crippen LogP) is 2.99. The van der Waals surface area contributed by atoms with Crippen molar-refractivity contribution < 1.29 is 4.79 Å². The number of aromatic nitrogens is 1. The first-order chi connectivity index (χ1) is 8.22. The molecule has 4 heteroatoms. The Kier molecular flexibility index (Phi) is 2.74. The van der Waals surface area contributed by atoms with Crippen LogP contribution in [0.15, 0.2) is 35.0 Å². The fraction of sp³-hybridized carbons (Fsp3) is 0.385. The van der Waals surface area contributed by atoms with E-state index in [4.69, 9.17) is 0 Å². The Morgan fingerprint density at radius 3 is 2.82 bits per heavy atom. The molecule has 3 atom stereocenters. The summed E-state index contributed by atoms with van der Waals surface area (Å²) >= 11 is 3.32. The predicted molar refractivity (Wildman–Crippen MR) is 69.4 cm³/mol. The number of carbonyl (C=O) groups excluding carboxylic acids is 1. The fourth-order valence-corrected chi connectivity index (χ4v) is 2.99. The maximum absolute atomic E-state index is 12.1. The average molecular weight is 293 g/mol. The van der Waals surface area contributed by atoms with E-state index in [0.29, 0.717) is 17.7 Å². The van der Waals surface area contributed by atoms with E-state index >= 15 is 0 Å². The van der Waals surface area contributed by atoms with Gasteiger partial charge in [0, 0.05) is 16.6 Å². The zero-order valence-electron chi connectivity index (χ0n) is 9.27. The summed E-state index contributed by atoms with van der Waals surface area (Å²) in [6.45, 7) is 0. The highest BCUT2D eigenvalue weighted by Gasteiger charge is 2.39. The van der Waals surface area contributed by atoms with Gasteiger partial charge in [0.25, 0.3) is 0 Å². The Balaban J connectivity index is 1.68. The van der Waals surface area contributed by atoms with Gasteiger partial charge in [-0.1, -0.05) is 12.2 Å². The molecule has 0 aliphatic heterocycles. The Morgan fingerprint density at radius 2 is 2.24 bits per heavy atom. The minimum absolute atomic E-state index is 0.108. The van der Waals surface area contributed by atoms with Crippen LogP contribution in [0.5, 0.6) is 0 Å². The van der Waals surface area contributed by atoms with E-state index in [1.54, 1.807) is 6.20 Å². The van der Waals surface area contributed by atoms with E-state index in [9.17, 15) is 4.79 Å². The first-order valence-corrected chi connectivity index (χ1v) is 6.62. The SMILES string of the molecule is O=C(Nc1ccc(Br)cn1)C1CC2C=CC1C2. The van der Waals surface area contributed by atoms with Crippen molar-refractivity contribution in [3.05, 3.63) is 35.0 Å². The number of rotatable bonds is 2. The summed E-state index contributed by atoms with van der Waals surface area (Å²) in [5.74, 6) is 1.93. The van der Waals surface area contributed by atoms with E-state index in [-0.39, 0.29) is 11.8 Å². The number of fused-ring (bicyclic) bond motifs is 2. The monoisotopic (exact) mass is 292 g/mol. The van der Waals surface area contributed by atoms with E-state index in [1.807, 2.05) is 12.1 Å². The number of nitrogens with zero attached hydrogens (tertiary/aromatic N) is 1. The topological polar surface area (TPSA) is 42.0 Å². The number of allylic oxidation sites excluding steroid dienone is 2. The molecule has 1 amide bonds. The normalized spacial score (nSPS) is 29.6. The summed E-state index contributed by atoms with van der Waals surface area (Å²) in [5, 5.41) is 2.89. The largest absolute Gasteiger partial charge is 0.310 e. The van der Waals surface area contributed by atoms with Gasteiger partial charge in [0.1, 0.15) is 5.82 Å². The van der Waals surface area contributed by atoms with Crippen molar-refractivity contribution in [2.75, 3.05) is 5.32 Å². The molecule has 1 heterocycles. The van der Waals surface area contributed by atoms with Crippen LogP contribution in [0.3, 0.4) is 0 Å². The number of anilines is 1. The van der Waals surface area contributed by atoms with Crippen LogP contribution in [-0.2, 0) is 4.79 Å². The summed E-state index contributed by atoms with van der Waals surface area (Å²) in [4.78, 5) is 16.2. The molecule has 0 aromatic carbocycles. The Hall–Kier alpha value is -1.16. The van der Waals surface area contributed by atoms with Crippen LogP contribution in [0, 0.1) is 17.8 Å². The third-order valence-corrected chi connectivity index (χ3v) is 4.06. The number of nitrogens with one attached hydrogen (secondary N) is 1. The molecule has 88 valence electrons. The highest BCUT2D eigenvalue weighted by molar-refractivity contribution is 9.10. The Bertz CT molecular complexity index is 469.